The lowest BCUT2D eigenvalue weighted by molar-refractivity contribution is 0.251. The second-order valence-electron chi connectivity index (χ2n) is 5.77. The molecule has 2 amide bonds. The van der Waals surface area contributed by atoms with Gasteiger partial charge in [-0.05, 0) is 29.3 Å². The van der Waals surface area contributed by atoms with Gasteiger partial charge < -0.3 is 15.2 Å². The molecule has 1 heterocycles. The number of pyridine rings is 1. The van der Waals surface area contributed by atoms with Gasteiger partial charge in [-0.25, -0.2) is 9.18 Å². The highest BCUT2D eigenvalue weighted by Gasteiger charge is 2.05. The number of carbonyl (C=O) groups is 1. The van der Waals surface area contributed by atoms with E-state index in [-0.39, 0.29) is 11.2 Å². The zero-order valence-corrected chi connectivity index (χ0v) is 14.0. The highest BCUT2D eigenvalue weighted by molar-refractivity contribution is 5.89. The molecular weight excluding hydrogens is 333 g/mol. The molecule has 2 N–H and O–H groups in total. The van der Waals surface area contributed by atoms with E-state index in [2.05, 4.69) is 10.6 Å². The van der Waals surface area contributed by atoms with E-state index >= 15 is 0 Å². The van der Waals surface area contributed by atoms with E-state index in [4.69, 9.17) is 0 Å². The first-order chi connectivity index (χ1) is 12.6. The molecule has 0 saturated heterocycles. The molecule has 6 heteroatoms. The van der Waals surface area contributed by atoms with Crippen LogP contribution in [0.25, 0.3) is 0 Å². The van der Waals surface area contributed by atoms with Crippen molar-refractivity contribution >= 4 is 11.7 Å². The summed E-state index contributed by atoms with van der Waals surface area (Å²) in [5, 5.41) is 5.15. The van der Waals surface area contributed by atoms with E-state index in [1.807, 2.05) is 30.3 Å². The number of para-hydroxylation sites is 1. The molecule has 0 unspecified atom stereocenters. The molecule has 0 bridgehead atoms. The molecule has 0 radical (unpaired) electrons. The second-order valence-corrected chi connectivity index (χ2v) is 5.77. The van der Waals surface area contributed by atoms with Gasteiger partial charge in [-0.1, -0.05) is 42.5 Å². The van der Waals surface area contributed by atoms with Crippen LogP contribution in [-0.4, -0.2) is 10.6 Å². The van der Waals surface area contributed by atoms with Gasteiger partial charge in [-0.3, -0.25) is 4.79 Å². The van der Waals surface area contributed by atoms with Crippen LogP contribution in [0.15, 0.2) is 77.7 Å². The third-order valence-electron chi connectivity index (χ3n) is 3.85. The molecule has 0 spiro atoms. The minimum Gasteiger partial charge on any atom is -0.334 e. The molecule has 5 nitrogen and oxygen atoms in total. The zero-order valence-electron chi connectivity index (χ0n) is 14.0. The van der Waals surface area contributed by atoms with Crippen LogP contribution in [0.4, 0.5) is 14.9 Å². The van der Waals surface area contributed by atoms with Crippen LogP contribution in [0, 0.1) is 5.82 Å². The van der Waals surface area contributed by atoms with Crippen LogP contribution in [0.1, 0.15) is 11.1 Å². The topological polar surface area (TPSA) is 63.1 Å². The monoisotopic (exact) mass is 351 g/mol. The minimum absolute atomic E-state index is 0.0527. The number of nitrogens with zero attached hydrogens (tertiary/aromatic N) is 1. The van der Waals surface area contributed by atoms with Gasteiger partial charge in [0.05, 0.1) is 12.2 Å². The van der Waals surface area contributed by atoms with E-state index < -0.39 is 11.8 Å². The maximum atomic E-state index is 13.5. The number of anilines is 1. The zero-order chi connectivity index (χ0) is 18.4. The van der Waals surface area contributed by atoms with Gasteiger partial charge in [0.25, 0.3) is 5.56 Å². The molecular formula is C20H18FN3O2. The molecule has 0 aliphatic carbocycles. The number of amides is 2. The molecule has 2 aromatic carbocycles. The Balaban J connectivity index is 1.54. The van der Waals surface area contributed by atoms with E-state index in [0.29, 0.717) is 13.1 Å². The normalized spacial score (nSPS) is 10.3. The summed E-state index contributed by atoms with van der Waals surface area (Å²) in [7, 11) is 0. The molecule has 3 aromatic rings. The molecule has 0 atom stereocenters. The first kappa shape index (κ1) is 17.4. The summed E-state index contributed by atoms with van der Waals surface area (Å²) < 4.78 is 15.1. The standard InChI is InChI=1S/C20H18FN3O2/c21-17-5-1-2-6-18(17)23-20(26)22-13-15-8-10-16(11-9-15)14-24-12-4-3-7-19(24)25/h1-12H,13-14H2,(H2,22,23,26). The third kappa shape index (κ3) is 4.57. The molecule has 0 aliphatic heterocycles. The molecule has 26 heavy (non-hydrogen) atoms. The average Bonchev–Trinajstić information content (AvgIpc) is 2.65. The maximum absolute atomic E-state index is 13.5. The largest absolute Gasteiger partial charge is 0.334 e. The Morgan fingerprint density at radius 3 is 2.35 bits per heavy atom. The Labute approximate surface area is 150 Å². The van der Waals surface area contributed by atoms with Crippen molar-refractivity contribution in [3.05, 3.63) is 100 Å². The van der Waals surface area contributed by atoms with Crippen molar-refractivity contribution in [1.29, 1.82) is 0 Å². The van der Waals surface area contributed by atoms with Gasteiger partial charge in [0.2, 0.25) is 0 Å². The number of hydrogen-bond donors (Lipinski definition) is 2. The lowest BCUT2D eigenvalue weighted by Gasteiger charge is -2.09. The summed E-state index contributed by atoms with van der Waals surface area (Å²) in [6.07, 6.45) is 1.74. The van der Waals surface area contributed by atoms with Gasteiger partial charge in [-0.15, -0.1) is 0 Å². The summed E-state index contributed by atoms with van der Waals surface area (Å²) in [5.74, 6) is -0.483. The van der Waals surface area contributed by atoms with E-state index in [0.717, 1.165) is 11.1 Å². The number of benzene rings is 2. The highest BCUT2D eigenvalue weighted by Crippen LogP contribution is 2.12. The Morgan fingerprint density at radius 1 is 0.923 bits per heavy atom. The Hall–Kier alpha value is -3.41. The SMILES string of the molecule is O=C(NCc1ccc(Cn2ccccc2=O)cc1)Nc1ccccc1F. The average molecular weight is 351 g/mol. The first-order valence-corrected chi connectivity index (χ1v) is 8.14. The quantitative estimate of drug-likeness (QED) is 0.740. The van der Waals surface area contributed by atoms with Crippen molar-refractivity contribution in [2.24, 2.45) is 0 Å². The predicted octanol–water partition coefficient (Wildman–Crippen LogP) is 3.36. The molecule has 132 valence electrons. The van der Waals surface area contributed by atoms with Crippen LogP contribution in [0.5, 0.6) is 0 Å². The molecule has 0 aliphatic rings. The van der Waals surface area contributed by atoms with Gasteiger partial charge in [-0.2, -0.15) is 0 Å². The van der Waals surface area contributed by atoms with Crippen LogP contribution >= 0.6 is 0 Å². The van der Waals surface area contributed by atoms with Crippen LogP contribution in [0.2, 0.25) is 0 Å². The lowest BCUT2D eigenvalue weighted by Crippen LogP contribution is -2.28. The summed E-state index contributed by atoms with van der Waals surface area (Å²) in [6.45, 7) is 0.799. The number of urea groups is 1. The maximum Gasteiger partial charge on any atom is 0.319 e. The summed E-state index contributed by atoms with van der Waals surface area (Å²) in [6, 6.07) is 18.1. The fraction of sp³-hybridized carbons (Fsp3) is 0.100. The second kappa shape index (κ2) is 8.11. The Morgan fingerprint density at radius 2 is 1.62 bits per heavy atom. The number of rotatable bonds is 5. The van der Waals surface area contributed by atoms with Gasteiger partial charge in [0.1, 0.15) is 5.82 Å². The Bertz CT molecular complexity index is 952. The van der Waals surface area contributed by atoms with Crippen molar-refractivity contribution < 1.29 is 9.18 Å². The smallest absolute Gasteiger partial charge is 0.319 e. The van der Waals surface area contributed by atoms with Crippen LogP contribution in [-0.2, 0) is 13.1 Å². The number of halogens is 1. The van der Waals surface area contributed by atoms with Gasteiger partial charge >= 0.3 is 6.03 Å². The van der Waals surface area contributed by atoms with Crippen molar-refractivity contribution in [3.63, 3.8) is 0 Å². The van der Waals surface area contributed by atoms with E-state index in [9.17, 15) is 14.0 Å². The number of aromatic nitrogens is 1. The molecule has 0 fully saturated rings. The van der Waals surface area contributed by atoms with Gasteiger partial charge in [0, 0.05) is 18.8 Å². The Kier molecular flexibility index (Phi) is 5.43. The van der Waals surface area contributed by atoms with Crippen LogP contribution < -0.4 is 16.2 Å². The van der Waals surface area contributed by atoms with Crippen molar-refractivity contribution in [1.82, 2.24) is 9.88 Å². The molecule has 1 aromatic heterocycles. The third-order valence-corrected chi connectivity index (χ3v) is 3.85. The van der Waals surface area contributed by atoms with Crippen LogP contribution in [0.3, 0.4) is 0 Å². The van der Waals surface area contributed by atoms with E-state index in [1.165, 1.54) is 18.2 Å². The molecule has 0 saturated carbocycles. The number of nitrogens with one attached hydrogen (secondary N) is 2. The highest BCUT2D eigenvalue weighted by atomic mass is 19.1. The fourth-order valence-corrected chi connectivity index (χ4v) is 2.46. The van der Waals surface area contributed by atoms with Crippen molar-refractivity contribution in [2.45, 2.75) is 13.1 Å². The summed E-state index contributed by atoms with van der Waals surface area (Å²) >= 11 is 0. The summed E-state index contributed by atoms with van der Waals surface area (Å²) in [5.41, 5.74) is 1.97. The van der Waals surface area contributed by atoms with Gasteiger partial charge in [0.15, 0.2) is 0 Å². The summed E-state index contributed by atoms with van der Waals surface area (Å²) in [4.78, 5) is 23.6. The van der Waals surface area contributed by atoms with Crippen molar-refractivity contribution in [2.75, 3.05) is 5.32 Å². The number of hydrogen-bond acceptors (Lipinski definition) is 2. The fourth-order valence-electron chi connectivity index (χ4n) is 2.46. The lowest BCUT2D eigenvalue weighted by atomic mass is 10.1. The van der Waals surface area contributed by atoms with Crippen molar-refractivity contribution in [3.8, 4) is 0 Å². The minimum atomic E-state index is -0.483. The predicted molar refractivity (Wildman–Crippen MR) is 98.5 cm³/mol. The first-order valence-electron chi connectivity index (χ1n) is 8.14. The molecule has 3 rings (SSSR count). The van der Waals surface area contributed by atoms with E-state index in [1.54, 1.807) is 29.0 Å². The number of carbonyl (C=O) groups excluding carboxylic acids is 1.